The summed E-state index contributed by atoms with van der Waals surface area (Å²) in [6.45, 7) is 1.85. The summed E-state index contributed by atoms with van der Waals surface area (Å²) in [4.78, 5) is 38.3. The Bertz CT molecular complexity index is 855. The Morgan fingerprint density at radius 3 is 2.75 bits per heavy atom. The molecule has 0 aromatic heterocycles. The van der Waals surface area contributed by atoms with Gasteiger partial charge in [0.15, 0.2) is 0 Å². The zero-order valence-corrected chi connectivity index (χ0v) is 16.2. The molecule has 1 spiro atoms. The molecule has 3 aliphatic rings. The van der Waals surface area contributed by atoms with Crippen LogP contribution >= 0.6 is 0 Å². The minimum atomic E-state index is -0.719. The number of rotatable bonds is 4. The average molecular weight is 388 g/mol. The van der Waals surface area contributed by atoms with E-state index in [0.29, 0.717) is 18.6 Å². The lowest BCUT2D eigenvalue weighted by molar-refractivity contribution is -0.491. The van der Waals surface area contributed by atoms with E-state index in [4.69, 9.17) is 9.47 Å². The molecule has 28 heavy (non-hydrogen) atoms. The summed E-state index contributed by atoms with van der Waals surface area (Å²) in [7, 11) is 2.90. The SMILES string of the molecule is COC(=O)[C@@H]1Cc2cc(OC)ccc2[C@@]23C[C@H](C)[C@@H](C[N+](=O)[O-])C2CC(=O)N13. The quantitative estimate of drug-likeness (QED) is 0.443. The zero-order valence-electron chi connectivity index (χ0n) is 16.2. The number of hydrogen-bond donors (Lipinski definition) is 0. The Kier molecular flexibility index (Phi) is 4.32. The molecule has 1 aromatic carbocycles. The van der Waals surface area contributed by atoms with Crippen LogP contribution in [0, 0.1) is 27.9 Å². The summed E-state index contributed by atoms with van der Waals surface area (Å²) in [5, 5.41) is 11.3. The van der Waals surface area contributed by atoms with Gasteiger partial charge in [0.2, 0.25) is 12.5 Å². The molecule has 1 saturated heterocycles. The normalized spacial score (nSPS) is 33.1. The summed E-state index contributed by atoms with van der Waals surface area (Å²) in [5.74, 6) is -0.233. The monoisotopic (exact) mass is 388 g/mol. The molecule has 2 heterocycles. The third-order valence-corrected chi connectivity index (χ3v) is 6.92. The van der Waals surface area contributed by atoms with Gasteiger partial charge in [-0.3, -0.25) is 14.9 Å². The highest BCUT2D eigenvalue weighted by Crippen LogP contribution is 2.62. The second kappa shape index (κ2) is 6.46. The molecule has 0 bridgehead atoms. The fourth-order valence-corrected chi connectivity index (χ4v) is 5.93. The number of nitrogens with zero attached hydrogens (tertiary/aromatic N) is 2. The maximum Gasteiger partial charge on any atom is 0.328 e. The van der Waals surface area contributed by atoms with Crippen LogP contribution in [0.4, 0.5) is 0 Å². The van der Waals surface area contributed by atoms with Crippen molar-refractivity contribution in [3.05, 3.63) is 39.4 Å². The number of ether oxygens (including phenoxy) is 2. The van der Waals surface area contributed by atoms with Gasteiger partial charge in [0.05, 0.1) is 19.8 Å². The number of carbonyl (C=O) groups excluding carboxylic acids is 2. The standard InChI is InChI=1S/C20H24N2O6/c1-11-9-20-15-5-4-13(27-2)6-12(15)7-17(19(24)28-3)22(20)18(23)8-16(20)14(11)10-21(25)26/h4-6,11,14,16-17H,7-10H2,1-3H3/t11-,14+,16?,17-,20-/m0/s1. The molecule has 1 aliphatic carbocycles. The molecule has 4 rings (SSSR count). The lowest BCUT2D eigenvalue weighted by Gasteiger charge is -2.47. The number of amides is 1. The number of benzene rings is 1. The minimum absolute atomic E-state index is 0.0670. The molecule has 8 heteroatoms. The van der Waals surface area contributed by atoms with E-state index in [-0.39, 0.29) is 41.5 Å². The van der Waals surface area contributed by atoms with Crippen LogP contribution in [0.25, 0.3) is 0 Å². The highest BCUT2D eigenvalue weighted by Gasteiger charge is 2.67. The van der Waals surface area contributed by atoms with Gasteiger partial charge in [-0.15, -0.1) is 0 Å². The highest BCUT2D eigenvalue weighted by atomic mass is 16.6. The van der Waals surface area contributed by atoms with Crippen molar-refractivity contribution in [2.45, 2.75) is 37.8 Å². The van der Waals surface area contributed by atoms with E-state index in [1.54, 1.807) is 12.0 Å². The summed E-state index contributed by atoms with van der Waals surface area (Å²) in [6.07, 6.45) is 1.18. The van der Waals surface area contributed by atoms with Gasteiger partial charge in [-0.1, -0.05) is 13.0 Å². The van der Waals surface area contributed by atoms with E-state index >= 15 is 0 Å². The molecule has 0 radical (unpaired) electrons. The van der Waals surface area contributed by atoms with Crippen LogP contribution in [-0.2, 0) is 26.3 Å². The van der Waals surface area contributed by atoms with Gasteiger partial charge in [-0.25, -0.2) is 4.79 Å². The summed E-state index contributed by atoms with van der Waals surface area (Å²) < 4.78 is 10.4. The van der Waals surface area contributed by atoms with Crippen LogP contribution in [0.5, 0.6) is 5.75 Å². The third-order valence-electron chi connectivity index (χ3n) is 6.92. The van der Waals surface area contributed by atoms with Crippen molar-refractivity contribution in [1.29, 1.82) is 0 Å². The fraction of sp³-hybridized carbons (Fsp3) is 0.600. The molecule has 150 valence electrons. The van der Waals surface area contributed by atoms with Crippen LogP contribution < -0.4 is 4.74 Å². The molecule has 2 fully saturated rings. The Morgan fingerprint density at radius 2 is 2.11 bits per heavy atom. The van der Waals surface area contributed by atoms with Crippen LogP contribution in [-0.4, -0.2) is 48.5 Å². The topological polar surface area (TPSA) is 99.0 Å². The van der Waals surface area contributed by atoms with E-state index < -0.39 is 17.6 Å². The van der Waals surface area contributed by atoms with Gasteiger partial charge >= 0.3 is 5.97 Å². The van der Waals surface area contributed by atoms with Gasteiger partial charge < -0.3 is 14.4 Å². The lowest BCUT2D eigenvalue weighted by atomic mass is 9.72. The first-order valence-electron chi connectivity index (χ1n) is 9.52. The zero-order chi connectivity index (χ0) is 20.2. The first kappa shape index (κ1) is 18.7. The maximum atomic E-state index is 13.0. The lowest BCUT2D eigenvalue weighted by Crippen LogP contribution is -2.57. The van der Waals surface area contributed by atoms with Crippen molar-refractivity contribution in [1.82, 2.24) is 4.90 Å². The van der Waals surface area contributed by atoms with Crippen molar-refractivity contribution >= 4 is 11.9 Å². The van der Waals surface area contributed by atoms with Gasteiger partial charge in [0, 0.05) is 29.6 Å². The number of carbonyl (C=O) groups is 2. The molecule has 1 aromatic rings. The minimum Gasteiger partial charge on any atom is -0.497 e. The molecule has 1 amide bonds. The summed E-state index contributed by atoms with van der Waals surface area (Å²) in [5.41, 5.74) is 1.23. The molecule has 1 saturated carbocycles. The smallest absolute Gasteiger partial charge is 0.328 e. The average Bonchev–Trinajstić information content (AvgIpc) is 3.09. The molecule has 5 atom stereocenters. The second-order valence-corrected chi connectivity index (χ2v) is 8.13. The Balaban J connectivity index is 1.90. The first-order chi connectivity index (χ1) is 13.3. The molecule has 1 unspecified atom stereocenters. The van der Waals surface area contributed by atoms with E-state index in [0.717, 1.165) is 11.1 Å². The molecular weight excluding hydrogens is 364 g/mol. The maximum absolute atomic E-state index is 13.0. The van der Waals surface area contributed by atoms with Crippen molar-refractivity contribution < 1.29 is 24.0 Å². The van der Waals surface area contributed by atoms with Gasteiger partial charge in [-0.05, 0) is 35.6 Å². The fourth-order valence-electron chi connectivity index (χ4n) is 5.93. The van der Waals surface area contributed by atoms with Crippen LogP contribution in [0.3, 0.4) is 0 Å². The van der Waals surface area contributed by atoms with E-state index in [1.807, 2.05) is 25.1 Å². The predicted octanol–water partition coefficient (Wildman–Crippen LogP) is 1.77. The van der Waals surface area contributed by atoms with E-state index in [2.05, 4.69) is 0 Å². The van der Waals surface area contributed by atoms with E-state index in [9.17, 15) is 19.7 Å². The van der Waals surface area contributed by atoms with Crippen LogP contribution in [0.15, 0.2) is 18.2 Å². The van der Waals surface area contributed by atoms with Crippen LogP contribution in [0.2, 0.25) is 0 Å². The number of hydrogen-bond acceptors (Lipinski definition) is 6. The van der Waals surface area contributed by atoms with E-state index in [1.165, 1.54) is 7.11 Å². The summed E-state index contributed by atoms with van der Waals surface area (Å²) >= 11 is 0. The summed E-state index contributed by atoms with van der Waals surface area (Å²) in [6, 6.07) is 5.00. The first-order valence-corrected chi connectivity index (χ1v) is 9.52. The Labute approximate surface area is 162 Å². The largest absolute Gasteiger partial charge is 0.497 e. The predicted molar refractivity (Wildman–Crippen MR) is 98.3 cm³/mol. The molecular formula is C20H24N2O6. The van der Waals surface area contributed by atoms with Crippen LogP contribution in [0.1, 0.15) is 30.9 Å². The van der Waals surface area contributed by atoms with Crippen molar-refractivity contribution in [2.75, 3.05) is 20.8 Å². The van der Waals surface area contributed by atoms with Crippen molar-refractivity contribution in [2.24, 2.45) is 17.8 Å². The van der Waals surface area contributed by atoms with Gasteiger partial charge in [0.1, 0.15) is 11.8 Å². The van der Waals surface area contributed by atoms with Crippen molar-refractivity contribution in [3.8, 4) is 5.75 Å². The number of nitro groups is 1. The number of esters is 1. The number of fused-ring (bicyclic) bond motifs is 1. The van der Waals surface area contributed by atoms with Gasteiger partial charge in [-0.2, -0.15) is 0 Å². The molecule has 2 aliphatic heterocycles. The Hall–Kier alpha value is -2.64. The molecule has 0 N–H and O–H groups in total. The second-order valence-electron chi connectivity index (χ2n) is 8.13. The number of methoxy groups -OCH3 is 2. The van der Waals surface area contributed by atoms with Crippen molar-refractivity contribution in [3.63, 3.8) is 0 Å². The third kappa shape index (κ3) is 2.43. The Morgan fingerprint density at radius 1 is 1.36 bits per heavy atom. The molecule has 8 nitrogen and oxygen atoms in total. The van der Waals surface area contributed by atoms with Gasteiger partial charge in [0.25, 0.3) is 0 Å². The highest BCUT2D eigenvalue weighted by molar-refractivity contribution is 5.89.